The Bertz CT molecular complexity index is 266. The van der Waals surface area contributed by atoms with E-state index in [0.29, 0.717) is 25.8 Å². The Hall–Kier alpha value is -0.650. The van der Waals surface area contributed by atoms with Crippen molar-refractivity contribution < 1.29 is 9.53 Å². The van der Waals surface area contributed by atoms with Crippen LogP contribution in [0.5, 0.6) is 0 Å². The molecule has 98 valence electrons. The minimum atomic E-state index is -0.166. The average molecular weight is 241 g/mol. The van der Waals surface area contributed by atoms with Crippen molar-refractivity contribution in [1.29, 1.82) is 0 Å². The number of ether oxygens (including phenoxy) is 1. The molecule has 17 heavy (non-hydrogen) atoms. The molecule has 0 aliphatic carbocycles. The van der Waals surface area contributed by atoms with E-state index in [1.807, 2.05) is 0 Å². The van der Waals surface area contributed by atoms with Gasteiger partial charge in [-0.3, -0.25) is 9.69 Å². The van der Waals surface area contributed by atoms with E-state index in [4.69, 9.17) is 10.5 Å². The smallest absolute Gasteiger partial charge is 0.227 e. The highest BCUT2D eigenvalue weighted by Gasteiger charge is 2.31. The molecular formula is C12H23N3O2. The lowest BCUT2D eigenvalue weighted by atomic mass is 10.0. The Morgan fingerprint density at radius 2 is 2.18 bits per heavy atom. The molecule has 0 saturated carbocycles. The number of carbonyl (C=O) groups excluding carboxylic acids is 1. The van der Waals surface area contributed by atoms with Gasteiger partial charge in [-0.25, -0.2) is 0 Å². The summed E-state index contributed by atoms with van der Waals surface area (Å²) in [5.74, 6) is -0.123. The number of hydrogen-bond acceptors (Lipinski definition) is 4. The van der Waals surface area contributed by atoms with Gasteiger partial charge >= 0.3 is 0 Å². The summed E-state index contributed by atoms with van der Waals surface area (Å²) in [6, 6.07) is 0.275. The van der Waals surface area contributed by atoms with Crippen LogP contribution in [0.15, 0.2) is 0 Å². The van der Waals surface area contributed by atoms with Crippen LogP contribution in [0.3, 0.4) is 0 Å². The van der Waals surface area contributed by atoms with Gasteiger partial charge < -0.3 is 15.8 Å². The lowest BCUT2D eigenvalue weighted by molar-refractivity contribution is -0.125. The van der Waals surface area contributed by atoms with E-state index in [2.05, 4.69) is 17.1 Å². The molecular weight excluding hydrogens is 218 g/mol. The van der Waals surface area contributed by atoms with Gasteiger partial charge in [0, 0.05) is 18.6 Å². The maximum Gasteiger partial charge on any atom is 0.227 e. The van der Waals surface area contributed by atoms with Crippen molar-refractivity contribution >= 4 is 5.91 Å². The molecule has 2 aliphatic heterocycles. The molecule has 2 heterocycles. The molecule has 5 nitrogen and oxygen atoms in total. The molecule has 0 aromatic heterocycles. The third kappa shape index (κ3) is 3.18. The number of nitrogens with one attached hydrogen (secondary N) is 1. The number of likely N-dealkylation sites (tertiary alicyclic amines) is 1. The normalized spacial score (nSPS) is 31.6. The molecule has 3 unspecified atom stereocenters. The summed E-state index contributed by atoms with van der Waals surface area (Å²) >= 11 is 0. The summed E-state index contributed by atoms with van der Waals surface area (Å²) in [6.45, 7) is 6.15. The monoisotopic (exact) mass is 241 g/mol. The summed E-state index contributed by atoms with van der Waals surface area (Å²) < 4.78 is 5.20. The highest BCUT2D eigenvalue weighted by Crippen LogP contribution is 2.13. The molecule has 1 amide bonds. The Kier molecular flexibility index (Phi) is 4.36. The predicted molar refractivity (Wildman–Crippen MR) is 65.6 cm³/mol. The van der Waals surface area contributed by atoms with E-state index >= 15 is 0 Å². The summed E-state index contributed by atoms with van der Waals surface area (Å²) in [4.78, 5) is 14.3. The molecule has 2 fully saturated rings. The molecule has 2 aliphatic rings. The zero-order valence-corrected chi connectivity index (χ0v) is 10.5. The fraction of sp³-hybridized carbons (Fsp3) is 0.917. The molecule has 0 aromatic rings. The fourth-order valence-corrected chi connectivity index (χ4v) is 2.53. The Morgan fingerprint density at radius 1 is 1.47 bits per heavy atom. The highest BCUT2D eigenvalue weighted by molar-refractivity contribution is 5.79. The van der Waals surface area contributed by atoms with Crippen LogP contribution in [-0.2, 0) is 9.53 Å². The maximum absolute atomic E-state index is 11.9. The van der Waals surface area contributed by atoms with Gasteiger partial charge in [-0.05, 0) is 32.9 Å². The van der Waals surface area contributed by atoms with E-state index in [9.17, 15) is 4.79 Å². The lowest BCUT2D eigenvalue weighted by Crippen LogP contribution is -2.46. The van der Waals surface area contributed by atoms with Crippen molar-refractivity contribution in [2.75, 3.05) is 32.8 Å². The van der Waals surface area contributed by atoms with Crippen LogP contribution in [0.4, 0.5) is 0 Å². The molecule has 0 spiro atoms. The molecule has 3 N–H and O–H groups in total. The van der Waals surface area contributed by atoms with Gasteiger partial charge in [0.1, 0.15) is 0 Å². The quantitative estimate of drug-likeness (QED) is 0.700. The van der Waals surface area contributed by atoms with E-state index in [1.54, 1.807) is 0 Å². The van der Waals surface area contributed by atoms with E-state index in [1.165, 1.54) is 12.8 Å². The lowest BCUT2D eigenvalue weighted by Gasteiger charge is -2.24. The van der Waals surface area contributed by atoms with Gasteiger partial charge in [0.15, 0.2) is 0 Å². The molecule has 0 aromatic carbocycles. The van der Waals surface area contributed by atoms with Crippen LogP contribution >= 0.6 is 0 Å². The second-order valence-electron chi connectivity index (χ2n) is 5.15. The molecule has 3 atom stereocenters. The Balaban J connectivity index is 1.71. The molecule has 0 bridgehead atoms. The Morgan fingerprint density at radius 3 is 2.76 bits per heavy atom. The SMILES string of the molecule is CC(CNC(=O)C1COCC1N)N1CCCC1. The standard InChI is InChI=1S/C12H23N3O2/c1-9(15-4-2-3-5-15)6-14-12(16)10-7-17-8-11(10)13/h9-11H,2-8,13H2,1H3,(H,14,16). The van der Waals surface area contributed by atoms with E-state index < -0.39 is 0 Å². The molecule has 5 heteroatoms. The molecule has 2 rings (SSSR count). The highest BCUT2D eigenvalue weighted by atomic mass is 16.5. The second-order valence-corrected chi connectivity index (χ2v) is 5.15. The first-order valence-corrected chi connectivity index (χ1v) is 6.53. The fourth-order valence-electron chi connectivity index (χ4n) is 2.53. The van der Waals surface area contributed by atoms with Crippen LogP contribution < -0.4 is 11.1 Å². The van der Waals surface area contributed by atoms with Gasteiger partial charge in [0.2, 0.25) is 5.91 Å². The minimum absolute atomic E-state index is 0.0426. The van der Waals surface area contributed by atoms with Crippen LogP contribution in [0.2, 0.25) is 0 Å². The number of hydrogen-bond donors (Lipinski definition) is 2. The van der Waals surface area contributed by atoms with E-state index in [-0.39, 0.29) is 17.9 Å². The van der Waals surface area contributed by atoms with Crippen LogP contribution in [-0.4, -0.2) is 55.7 Å². The van der Waals surface area contributed by atoms with Gasteiger partial charge in [-0.2, -0.15) is 0 Å². The van der Waals surface area contributed by atoms with Crippen LogP contribution in [0, 0.1) is 5.92 Å². The molecule has 2 saturated heterocycles. The Labute approximate surface area is 103 Å². The van der Waals surface area contributed by atoms with Crippen LogP contribution in [0.1, 0.15) is 19.8 Å². The van der Waals surface area contributed by atoms with Crippen molar-refractivity contribution in [3.05, 3.63) is 0 Å². The maximum atomic E-state index is 11.9. The van der Waals surface area contributed by atoms with Gasteiger partial charge in [0.25, 0.3) is 0 Å². The minimum Gasteiger partial charge on any atom is -0.379 e. The number of amides is 1. The summed E-state index contributed by atoms with van der Waals surface area (Å²) in [7, 11) is 0. The van der Waals surface area contributed by atoms with E-state index in [0.717, 1.165) is 13.1 Å². The number of rotatable bonds is 4. The van der Waals surface area contributed by atoms with Crippen molar-refractivity contribution in [1.82, 2.24) is 10.2 Å². The summed E-state index contributed by atoms with van der Waals surface area (Å²) in [5, 5.41) is 2.99. The number of nitrogens with zero attached hydrogens (tertiary/aromatic N) is 1. The van der Waals surface area contributed by atoms with Gasteiger partial charge in [-0.15, -0.1) is 0 Å². The largest absolute Gasteiger partial charge is 0.379 e. The molecule has 0 radical (unpaired) electrons. The third-order valence-corrected chi connectivity index (χ3v) is 3.80. The zero-order valence-electron chi connectivity index (χ0n) is 10.5. The van der Waals surface area contributed by atoms with Gasteiger partial charge in [-0.1, -0.05) is 0 Å². The van der Waals surface area contributed by atoms with Crippen molar-refractivity contribution in [2.45, 2.75) is 31.8 Å². The zero-order chi connectivity index (χ0) is 12.3. The number of nitrogens with two attached hydrogens (primary N) is 1. The second kappa shape index (κ2) is 5.80. The first-order valence-electron chi connectivity index (χ1n) is 6.53. The topological polar surface area (TPSA) is 67.6 Å². The summed E-state index contributed by atoms with van der Waals surface area (Å²) in [5.41, 5.74) is 5.81. The predicted octanol–water partition coefficient (Wildman–Crippen LogP) is -0.439. The van der Waals surface area contributed by atoms with Crippen molar-refractivity contribution in [2.24, 2.45) is 11.7 Å². The van der Waals surface area contributed by atoms with Gasteiger partial charge in [0.05, 0.1) is 19.1 Å². The average Bonchev–Trinajstić information content (AvgIpc) is 2.95. The third-order valence-electron chi connectivity index (χ3n) is 3.80. The first-order chi connectivity index (χ1) is 8.18. The first kappa shape index (κ1) is 12.8. The van der Waals surface area contributed by atoms with Crippen molar-refractivity contribution in [3.63, 3.8) is 0 Å². The van der Waals surface area contributed by atoms with Crippen LogP contribution in [0.25, 0.3) is 0 Å². The summed E-state index contributed by atoms with van der Waals surface area (Å²) in [6.07, 6.45) is 2.55. The number of carbonyl (C=O) groups is 1. The van der Waals surface area contributed by atoms with Crippen molar-refractivity contribution in [3.8, 4) is 0 Å².